The lowest BCUT2D eigenvalue weighted by Gasteiger charge is -2.39. The van der Waals surface area contributed by atoms with Gasteiger partial charge in [-0.3, -0.25) is 4.57 Å². The van der Waals surface area contributed by atoms with E-state index in [1.807, 2.05) is 30.8 Å². The molecule has 2 aromatic heterocycles. The largest absolute Gasteiger partial charge is 0.415 e. The number of fused-ring (bicyclic) bond motifs is 2. The highest BCUT2D eigenvalue weighted by molar-refractivity contribution is 8.00. The second kappa shape index (κ2) is 6.26. The molecule has 12 heteroatoms. The summed E-state index contributed by atoms with van der Waals surface area (Å²) in [5, 5.41) is 10.7. The quantitative estimate of drug-likeness (QED) is 0.665. The van der Waals surface area contributed by atoms with Crippen LogP contribution in [0.25, 0.3) is 11.2 Å². The topological polar surface area (TPSA) is 118 Å². The molecule has 0 aromatic carbocycles. The summed E-state index contributed by atoms with van der Waals surface area (Å²) in [5.74, 6) is 0.325. The first-order chi connectivity index (χ1) is 12.2. The maximum absolute atomic E-state index is 11.0. The number of aliphatic hydroxyl groups is 1. The van der Waals surface area contributed by atoms with Gasteiger partial charge in [-0.1, -0.05) is 0 Å². The van der Waals surface area contributed by atoms with Gasteiger partial charge in [0.15, 0.2) is 11.5 Å². The van der Waals surface area contributed by atoms with E-state index in [9.17, 15) is 5.11 Å². The van der Waals surface area contributed by atoms with E-state index >= 15 is 0 Å². The number of aromatic nitrogens is 4. The third-order valence-electron chi connectivity index (χ3n) is 4.48. The van der Waals surface area contributed by atoms with Crippen LogP contribution in [0, 0.1) is 0 Å². The summed E-state index contributed by atoms with van der Waals surface area (Å²) in [4.78, 5) is 12.6. The highest BCUT2D eigenvalue weighted by Gasteiger charge is 2.51. The van der Waals surface area contributed by atoms with Crippen LogP contribution in [0.5, 0.6) is 0 Å². The summed E-state index contributed by atoms with van der Waals surface area (Å²) >= 11 is 1.62. The normalized spacial score (nSPS) is 33.6. The number of hydrogen-bond acceptors (Lipinski definition) is 9. The molecule has 9 nitrogen and oxygen atoms in total. The fraction of sp³-hybridized carbons (Fsp3) is 0.643. The van der Waals surface area contributed by atoms with Crippen LogP contribution in [0.4, 0.5) is 5.82 Å². The van der Waals surface area contributed by atoms with Crippen LogP contribution in [0.15, 0.2) is 12.7 Å². The van der Waals surface area contributed by atoms with E-state index in [0.29, 0.717) is 23.6 Å². The zero-order valence-electron chi connectivity index (χ0n) is 15.1. The van der Waals surface area contributed by atoms with Gasteiger partial charge in [0.05, 0.1) is 24.3 Å². The van der Waals surface area contributed by atoms with Crippen LogP contribution in [0.2, 0.25) is 26.2 Å². The van der Waals surface area contributed by atoms with Gasteiger partial charge in [0.1, 0.15) is 23.3 Å². The Kier molecular flexibility index (Phi) is 4.41. The van der Waals surface area contributed by atoms with Crippen molar-refractivity contribution in [2.45, 2.75) is 49.0 Å². The Hall–Kier alpha value is -1.03. The van der Waals surface area contributed by atoms with Crippen LogP contribution in [-0.4, -0.2) is 65.8 Å². The van der Waals surface area contributed by atoms with Gasteiger partial charge in [-0.25, -0.2) is 15.0 Å². The lowest BCUT2D eigenvalue weighted by molar-refractivity contribution is 0.00101. The highest BCUT2D eigenvalue weighted by atomic mass is 32.2. The second-order valence-electron chi connectivity index (χ2n) is 7.43. The molecule has 2 aliphatic rings. The van der Waals surface area contributed by atoms with E-state index in [0.717, 1.165) is 0 Å². The average molecular weight is 414 g/mol. The molecule has 4 atom stereocenters. The Labute approximate surface area is 157 Å². The zero-order chi connectivity index (χ0) is 18.7. The molecule has 142 valence electrons. The van der Waals surface area contributed by atoms with E-state index in [4.69, 9.17) is 18.7 Å². The summed E-state index contributed by atoms with van der Waals surface area (Å²) in [7, 11) is -4.66. The fourth-order valence-corrected chi connectivity index (χ4v) is 11.9. The minimum atomic E-state index is -2.42. The molecule has 0 amide bonds. The van der Waals surface area contributed by atoms with Crippen LogP contribution in [-0.2, 0) is 13.0 Å². The third-order valence-corrected chi connectivity index (χ3v) is 11.7. The van der Waals surface area contributed by atoms with Crippen molar-refractivity contribution < 1.29 is 18.1 Å². The SMILES string of the molecule is C[Si]1(C)OC[C@H]2S[C@@H](n3cnc4c(N)ncnc43)[C@H](O)[C@@H]2O[Si](C)(C)O1. The van der Waals surface area contributed by atoms with Crippen molar-refractivity contribution in [1.29, 1.82) is 0 Å². The van der Waals surface area contributed by atoms with Crippen LogP contribution < -0.4 is 5.73 Å². The molecule has 3 N–H and O–H groups in total. The number of anilines is 1. The van der Waals surface area contributed by atoms with Crippen molar-refractivity contribution in [3.05, 3.63) is 12.7 Å². The van der Waals surface area contributed by atoms with Gasteiger partial charge in [0.25, 0.3) is 0 Å². The van der Waals surface area contributed by atoms with Crippen molar-refractivity contribution in [1.82, 2.24) is 19.5 Å². The Balaban J connectivity index is 1.67. The number of aliphatic hydroxyl groups excluding tert-OH is 1. The Morgan fingerprint density at radius 2 is 2.00 bits per heavy atom. The Morgan fingerprint density at radius 1 is 1.23 bits per heavy atom. The van der Waals surface area contributed by atoms with E-state index in [-0.39, 0.29) is 16.7 Å². The van der Waals surface area contributed by atoms with Gasteiger partial charge in [0, 0.05) is 0 Å². The molecule has 4 heterocycles. The second-order valence-corrected chi connectivity index (χ2v) is 15.7. The average Bonchev–Trinajstić information content (AvgIpc) is 3.07. The van der Waals surface area contributed by atoms with Gasteiger partial charge in [-0.2, -0.15) is 0 Å². The first kappa shape index (κ1) is 18.3. The number of nitrogen functional groups attached to an aromatic ring is 1. The van der Waals surface area contributed by atoms with E-state index < -0.39 is 23.2 Å². The lowest BCUT2D eigenvalue weighted by Crippen LogP contribution is -2.56. The summed E-state index contributed by atoms with van der Waals surface area (Å²) in [6.07, 6.45) is 1.95. The Morgan fingerprint density at radius 3 is 2.77 bits per heavy atom. The first-order valence-corrected chi connectivity index (χ1v) is 15.0. The third kappa shape index (κ3) is 3.19. The van der Waals surface area contributed by atoms with Crippen molar-refractivity contribution in [2.24, 2.45) is 0 Å². The molecule has 0 bridgehead atoms. The smallest absolute Gasteiger partial charge is 0.323 e. The summed E-state index contributed by atoms with van der Waals surface area (Å²) in [6.45, 7) is 8.54. The fourth-order valence-electron chi connectivity index (χ4n) is 3.54. The van der Waals surface area contributed by atoms with E-state index in [1.54, 1.807) is 18.1 Å². The number of nitrogens with zero attached hydrogens (tertiary/aromatic N) is 4. The number of nitrogens with two attached hydrogens (primary N) is 1. The molecule has 2 aliphatic heterocycles. The van der Waals surface area contributed by atoms with Crippen molar-refractivity contribution >= 4 is 45.9 Å². The van der Waals surface area contributed by atoms with E-state index in [1.165, 1.54) is 6.33 Å². The molecule has 2 aromatic rings. The number of imidazole rings is 1. The molecule has 0 aliphatic carbocycles. The predicted molar refractivity (Wildman–Crippen MR) is 103 cm³/mol. The standard InChI is InChI=1S/C14H23N5O4SSi2/c1-25(2)21-5-8-11(22-26(3,4)23-25)10(20)14(24-8)19-7-18-9-12(15)16-6-17-13(9)19/h6-8,10-11,14,20H,5H2,1-4H3,(H2,15,16,17)/t8-,10-,11-,14-/m1/s1. The van der Waals surface area contributed by atoms with Crippen LogP contribution in [0.1, 0.15) is 5.37 Å². The molecular formula is C14H23N5O4SSi2. The number of rotatable bonds is 1. The summed E-state index contributed by atoms with van der Waals surface area (Å²) < 4.78 is 20.5. The number of hydrogen-bond donors (Lipinski definition) is 2. The molecule has 0 saturated carbocycles. The van der Waals surface area contributed by atoms with E-state index in [2.05, 4.69) is 15.0 Å². The minimum Gasteiger partial charge on any atom is -0.415 e. The Bertz CT molecular complexity index is 835. The van der Waals surface area contributed by atoms with Gasteiger partial charge < -0.3 is 23.8 Å². The lowest BCUT2D eigenvalue weighted by atomic mass is 10.1. The van der Waals surface area contributed by atoms with Crippen molar-refractivity contribution in [3.8, 4) is 0 Å². The van der Waals surface area contributed by atoms with Gasteiger partial charge in [-0.05, 0) is 26.2 Å². The van der Waals surface area contributed by atoms with Crippen LogP contribution >= 0.6 is 11.8 Å². The maximum Gasteiger partial charge on any atom is 0.323 e. The first-order valence-electron chi connectivity index (χ1n) is 8.45. The summed E-state index contributed by atoms with van der Waals surface area (Å²) in [6, 6.07) is 0. The predicted octanol–water partition coefficient (Wildman–Crippen LogP) is 1.22. The van der Waals surface area contributed by atoms with Crippen molar-refractivity contribution in [2.75, 3.05) is 12.3 Å². The number of thioether (sulfide) groups is 1. The molecular weight excluding hydrogens is 390 g/mol. The molecule has 26 heavy (non-hydrogen) atoms. The maximum atomic E-state index is 11.0. The molecule has 4 rings (SSSR count). The molecule has 0 unspecified atom stereocenters. The minimum absolute atomic E-state index is 0.00841. The molecule has 2 fully saturated rings. The van der Waals surface area contributed by atoms with Gasteiger partial charge in [-0.15, -0.1) is 11.8 Å². The zero-order valence-corrected chi connectivity index (χ0v) is 17.9. The monoisotopic (exact) mass is 413 g/mol. The van der Waals surface area contributed by atoms with Crippen LogP contribution in [0.3, 0.4) is 0 Å². The van der Waals surface area contributed by atoms with Gasteiger partial charge in [0.2, 0.25) is 0 Å². The highest BCUT2D eigenvalue weighted by Crippen LogP contribution is 2.46. The van der Waals surface area contributed by atoms with Crippen molar-refractivity contribution in [3.63, 3.8) is 0 Å². The molecule has 0 spiro atoms. The molecule has 2 saturated heterocycles. The molecule has 0 radical (unpaired) electrons. The summed E-state index contributed by atoms with van der Waals surface area (Å²) in [5.41, 5.74) is 7.02. The van der Waals surface area contributed by atoms with Gasteiger partial charge >= 0.3 is 17.1 Å².